The van der Waals surface area contributed by atoms with E-state index < -0.39 is 10.0 Å². The summed E-state index contributed by atoms with van der Waals surface area (Å²) >= 11 is 0. The highest BCUT2D eigenvalue weighted by atomic mass is 32.2. The molecule has 0 bridgehead atoms. The average Bonchev–Trinajstić information content (AvgIpc) is 2.68. The lowest BCUT2D eigenvalue weighted by atomic mass is 10.1. The van der Waals surface area contributed by atoms with E-state index in [0.717, 1.165) is 15.6 Å². The van der Waals surface area contributed by atoms with Crippen molar-refractivity contribution in [2.75, 3.05) is 41.8 Å². The molecule has 28 heavy (non-hydrogen) atoms. The zero-order chi connectivity index (χ0) is 20.9. The number of nitrogens with zero attached hydrogens (tertiary/aromatic N) is 2. The van der Waals surface area contributed by atoms with E-state index in [1.165, 1.54) is 38.4 Å². The molecule has 2 aromatic carbocycles. The Morgan fingerprint density at radius 3 is 2.04 bits per heavy atom. The van der Waals surface area contributed by atoms with Crippen molar-refractivity contribution in [1.82, 2.24) is 14.5 Å². The molecule has 0 aliphatic carbocycles. The summed E-state index contributed by atoms with van der Waals surface area (Å²) in [5, 5.41) is 2.92. The molecule has 7 nitrogen and oxygen atoms in total. The van der Waals surface area contributed by atoms with Crippen LogP contribution in [0.1, 0.15) is 22.0 Å². The number of rotatable bonds is 8. The van der Waals surface area contributed by atoms with E-state index in [9.17, 15) is 13.2 Å². The smallest absolute Gasteiger partial charge is 0.251 e. The molecule has 0 saturated carbocycles. The van der Waals surface area contributed by atoms with Crippen molar-refractivity contribution in [2.24, 2.45) is 0 Å². The summed E-state index contributed by atoms with van der Waals surface area (Å²) in [4.78, 5) is 14.7. The van der Waals surface area contributed by atoms with Crippen LogP contribution in [0.5, 0.6) is 5.75 Å². The minimum atomic E-state index is -3.51. The SMILES string of the molecule is COc1ccc([C@@H](CNC(=O)c2ccc(S(=O)(=O)N(C)C)cc2)N(C)C)cc1. The number of hydrogen-bond donors (Lipinski definition) is 1. The first-order valence-electron chi connectivity index (χ1n) is 8.78. The van der Waals surface area contributed by atoms with Gasteiger partial charge in [0.15, 0.2) is 0 Å². The number of carbonyl (C=O) groups is 1. The number of likely N-dealkylation sites (N-methyl/N-ethyl adjacent to an activating group) is 1. The fourth-order valence-electron chi connectivity index (χ4n) is 2.71. The Morgan fingerprint density at radius 2 is 1.57 bits per heavy atom. The van der Waals surface area contributed by atoms with E-state index in [-0.39, 0.29) is 16.8 Å². The quantitative estimate of drug-likeness (QED) is 0.727. The molecule has 0 fully saturated rings. The second kappa shape index (κ2) is 9.18. The van der Waals surface area contributed by atoms with E-state index >= 15 is 0 Å². The molecule has 1 amide bonds. The molecule has 2 aromatic rings. The van der Waals surface area contributed by atoms with Crippen molar-refractivity contribution in [2.45, 2.75) is 10.9 Å². The van der Waals surface area contributed by atoms with Gasteiger partial charge in [0, 0.05) is 26.2 Å². The number of methoxy groups -OCH3 is 1. The summed E-state index contributed by atoms with van der Waals surface area (Å²) in [6, 6.07) is 13.6. The molecular formula is C20H27N3O4S. The Kier molecular flexibility index (Phi) is 7.17. The zero-order valence-corrected chi connectivity index (χ0v) is 17.7. The number of benzene rings is 2. The van der Waals surface area contributed by atoms with Crippen molar-refractivity contribution >= 4 is 15.9 Å². The summed E-state index contributed by atoms with van der Waals surface area (Å²) in [5.74, 6) is 0.521. The largest absolute Gasteiger partial charge is 0.497 e. The summed E-state index contributed by atoms with van der Waals surface area (Å²) in [6.45, 7) is 0.413. The topological polar surface area (TPSA) is 78.9 Å². The summed E-state index contributed by atoms with van der Waals surface area (Å²) in [5.41, 5.74) is 1.46. The van der Waals surface area contributed by atoms with Gasteiger partial charge < -0.3 is 15.0 Å². The van der Waals surface area contributed by atoms with Crippen molar-refractivity contribution in [3.05, 3.63) is 59.7 Å². The van der Waals surface area contributed by atoms with E-state index in [4.69, 9.17) is 4.74 Å². The van der Waals surface area contributed by atoms with Crippen LogP contribution in [-0.2, 0) is 10.0 Å². The van der Waals surface area contributed by atoms with Gasteiger partial charge in [0.2, 0.25) is 10.0 Å². The first kappa shape index (κ1) is 21.9. The number of hydrogen-bond acceptors (Lipinski definition) is 5. The molecule has 8 heteroatoms. The molecular weight excluding hydrogens is 378 g/mol. The molecule has 1 atom stereocenters. The van der Waals surface area contributed by atoms with Gasteiger partial charge in [-0.05, 0) is 56.1 Å². The standard InChI is InChI=1S/C20H27N3O4S/c1-22(2)19(15-6-10-17(27-5)11-7-15)14-21-20(24)16-8-12-18(13-9-16)28(25,26)23(3)4/h6-13,19H,14H2,1-5H3,(H,21,24)/t19-/m1/s1. The number of carbonyl (C=O) groups excluding carboxylic acids is 1. The predicted molar refractivity (Wildman–Crippen MR) is 109 cm³/mol. The van der Waals surface area contributed by atoms with Gasteiger partial charge in [0.25, 0.3) is 5.91 Å². The van der Waals surface area contributed by atoms with E-state index in [0.29, 0.717) is 12.1 Å². The van der Waals surface area contributed by atoms with Gasteiger partial charge >= 0.3 is 0 Å². The molecule has 1 N–H and O–H groups in total. The van der Waals surface area contributed by atoms with Crippen molar-refractivity contribution in [3.63, 3.8) is 0 Å². The van der Waals surface area contributed by atoms with Gasteiger partial charge in [-0.2, -0.15) is 0 Å². The fourth-order valence-corrected chi connectivity index (χ4v) is 3.61. The van der Waals surface area contributed by atoms with Crippen LogP contribution in [0.15, 0.2) is 53.4 Å². The maximum Gasteiger partial charge on any atom is 0.251 e. The number of sulfonamides is 1. The summed E-state index contributed by atoms with van der Waals surface area (Å²) in [6.07, 6.45) is 0. The number of amides is 1. The Bertz CT molecular complexity index is 892. The first-order chi connectivity index (χ1) is 13.2. The van der Waals surface area contributed by atoms with E-state index in [1.807, 2.05) is 43.3 Å². The van der Waals surface area contributed by atoms with Crippen molar-refractivity contribution in [3.8, 4) is 5.75 Å². The minimum absolute atomic E-state index is 0.0109. The zero-order valence-electron chi connectivity index (χ0n) is 16.8. The monoisotopic (exact) mass is 405 g/mol. The Balaban J connectivity index is 2.08. The molecule has 0 saturated heterocycles. The van der Waals surface area contributed by atoms with Crippen LogP contribution in [0.25, 0.3) is 0 Å². The number of nitrogens with one attached hydrogen (secondary N) is 1. The maximum absolute atomic E-state index is 12.5. The van der Waals surface area contributed by atoms with Gasteiger partial charge in [-0.1, -0.05) is 12.1 Å². The van der Waals surface area contributed by atoms with Crippen molar-refractivity contribution in [1.29, 1.82) is 0 Å². The Hall–Kier alpha value is -2.42. The summed E-state index contributed by atoms with van der Waals surface area (Å²) in [7, 11) is 4.94. The lowest BCUT2D eigenvalue weighted by Crippen LogP contribution is -2.34. The second-order valence-corrected chi connectivity index (χ2v) is 8.93. The third kappa shape index (κ3) is 5.09. The normalized spacial score (nSPS) is 12.8. The highest BCUT2D eigenvalue weighted by molar-refractivity contribution is 7.89. The third-order valence-corrected chi connectivity index (χ3v) is 6.30. The highest BCUT2D eigenvalue weighted by Crippen LogP contribution is 2.21. The molecule has 0 heterocycles. The Labute approximate surface area is 167 Å². The molecule has 0 aliphatic heterocycles. The molecule has 152 valence electrons. The molecule has 0 aromatic heterocycles. The molecule has 2 rings (SSSR count). The van der Waals surface area contributed by atoms with Crippen LogP contribution in [0.2, 0.25) is 0 Å². The van der Waals surface area contributed by atoms with Crippen molar-refractivity contribution < 1.29 is 17.9 Å². The molecule has 0 unspecified atom stereocenters. The van der Waals surface area contributed by atoms with E-state index in [2.05, 4.69) is 5.32 Å². The Morgan fingerprint density at radius 1 is 1.00 bits per heavy atom. The van der Waals surface area contributed by atoms with Gasteiger partial charge in [-0.15, -0.1) is 0 Å². The molecule has 0 radical (unpaired) electrons. The van der Waals surface area contributed by atoms with Crippen LogP contribution in [0, 0.1) is 0 Å². The second-order valence-electron chi connectivity index (χ2n) is 6.77. The highest BCUT2D eigenvalue weighted by Gasteiger charge is 2.19. The van der Waals surface area contributed by atoms with Crippen LogP contribution in [0.4, 0.5) is 0 Å². The molecule has 0 aliphatic rings. The minimum Gasteiger partial charge on any atom is -0.497 e. The van der Waals surface area contributed by atoms with Crippen LogP contribution < -0.4 is 10.1 Å². The van der Waals surface area contributed by atoms with Gasteiger partial charge in [0.1, 0.15) is 5.75 Å². The summed E-state index contributed by atoms with van der Waals surface area (Å²) < 4.78 is 30.6. The fraction of sp³-hybridized carbons (Fsp3) is 0.350. The van der Waals surface area contributed by atoms with Gasteiger partial charge in [-0.3, -0.25) is 4.79 Å². The third-order valence-electron chi connectivity index (χ3n) is 4.47. The molecule has 0 spiro atoms. The van der Waals surface area contributed by atoms with Gasteiger partial charge in [-0.25, -0.2) is 12.7 Å². The van der Waals surface area contributed by atoms with Crippen LogP contribution in [0.3, 0.4) is 0 Å². The predicted octanol–water partition coefficient (Wildman–Crippen LogP) is 1.98. The van der Waals surface area contributed by atoms with Crippen LogP contribution >= 0.6 is 0 Å². The van der Waals surface area contributed by atoms with Crippen LogP contribution in [-0.4, -0.2) is 65.4 Å². The lowest BCUT2D eigenvalue weighted by molar-refractivity contribution is 0.0942. The van der Waals surface area contributed by atoms with E-state index in [1.54, 1.807) is 7.11 Å². The number of ether oxygens (including phenoxy) is 1. The first-order valence-corrected chi connectivity index (χ1v) is 10.2. The van der Waals surface area contributed by atoms with Gasteiger partial charge in [0.05, 0.1) is 18.0 Å². The average molecular weight is 406 g/mol. The maximum atomic E-state index is 12.5. The lowest BCUT2D eigenvalue weighted by Gasteiger charge is -2.25.